The van der Waals surface area contributed by atoms with Crippen LogP contribution >= 0.6 is 0 Å². The number of hydrogen-bond donors (Lipinski definition) is 1. The van der Waals surface area contributed by atoms with Gasteiger partial charge in [-0.1, -0.05) is 63.2 Å². The summed E-state index contributed by atoms with van der Waals surface area (Å²) in [5, 5.41) is 2.98. The van der Waals surface area contributed by atoms with Crippen molar-refractivity contribution >= 4 is 11.8 Å². The second kappa shape index (κ2) is 10.2. The molecule has 0 saturated carbocycles. The Morgan fingerprint density at radius 3 is 2.16 bits per heavy atom. The van der Waals surface area contributed by atoms with Crippen LogP contribution in [-0.4, -0.2) is 34.9 Å². The fraction of sp³-hybridized carbons (Fsp3) is 0.481. The molecule has 2 rings (SSSR count). The molecule has 0 saturated heterocycles. The van der Waals surface area contributed by atoms with E-state index in [0.717, 1.165) is 16.7 Å². The number of benzene rings is 2. The van der Waals surface area contributed by atoms with Gasteiger partial charge in [-0.2, -0.15) is 0 Å². The van der Waals surface area contributed by atoms with Crippen LogP contribution in [0.5, 0.6) is 5.75 Å². The first-order valence-electron chi connectivity index (χ1n) is 11.2. The fourth-order valence-electron chi connectivity index (χ4n) is 3.46. The Bertz CT molecular complexity index is 938. The van der Waals surface area contributed by atoms with Crippen molar-refractivity contribution in [3.63, 3.8) is 0 Å². The van der Waals surface area contributed by atoms with E-state index in [4.69, 9.17) is 4.74 Å². The number of aryl methyl sites for hydroxylation is 1. The Hall–Kier alpha value is -2.82. The largest absolute Gasteiger partial charge is 0.483 e. The minimum atomic E-state index is -0.636. The maximum Gasteiger partial charge on any atom is 0.261 e. The third-order valence-electron chi connectivity index (χ3n) is 5.31. The molecule has 0 spiro atoms. The molecular formula is C27H38N2O3. The lowest BCUT2D eigenvalue weighted by atomic mass is 9.86. The lowest BCUT2D eigenvalue weighted by molar-refractivity contribution is -0.142. The van der Waals surface area contributed by atoms with E-state index in [1.54, 1.807) is 11.8 Å². The normalized spacial score (nSPS) is 12.8. The molecule has 174 valence electrons. The summed E-state index contributed by atoms with van der Waals surface area (Å²) in [4.78, 5) is 27.8. The van der Waals surface area contributed by atoms with Crippen LogP contribution in [0.4, 0.5) is 0 Å². The SMILES string of the molecule is Cc1ccccc1CN(C(=O)COc1ccccc1C(C)(C)C)[C@H](C)C(=O)NC(C)(C)C. The van der Waals surface area contributed by atoms with Gasteiger partial charge in [-0.05, 0) is 62.8 Å². The van der Waals surface area contributed by atoms with Crippen molar-refractivity contribution < 1.29 is 14.3 Å². The van der Waals surface area contributed by atoms with Crippen LogP contribution in [-0.2, 0) is 21.5 Å². The number of ether oxygens (including phenoxy) is 1. The number of rotatable bonds is 7. The second-order valence-corrected chi connectivity index (χ2v) is 10.4. The summed E-state index contributed by atoms with van der Waals surface area (Å²) in [7, 11) is 0. The van der Waals surface area contributed by atoms with Crippen molar-refractivity contribution in [1.29, 1.82) is 0 Å². The average molecular weight is 439 g/mol. The molecule has 0 radical (unpaired) electrons. The predicted octanol–water partition coefficient (Wildman–Crippen LogP) is 5.00. The van der Waals surface area contributed by atoms with Crippen LogP contribution < -0.4 is 10.1 Å². The molecule has 2 amide bonds. The second-order valence-electron chi connectivity index (χ2n) is 10.4. The third kappa shape index (κ3) is 7.11. The molecular weight excluding hydrogens is 400 g/mol. The summed E-state index contributed by atoms with van der Waals surface area (Å²) < 4.78 is 5.98. The molecule has 32 heavy (non-hydrogen) atoms. The first-order valence-corrected chi connectivity index (χ1v) is 11.2. The Balaban J connectivity index is 2.26. The van der Waals surface area contributed by atoms with Crippen molar-refractivity contribution in [2.45, 2.75) is 78.9 Å². The highest BCUT2D eigenvalue weighted by Crippen LogP contribution is 2.31. The molecule has 0 aromatic heterocycles. The van der Waals surface area contributed by atoms with Crippen LogP contribution in [0.2, 0.25) is 0 Å². The first kappa shape index (κ1) is 25.4. The smallest absolute Gasteiger partial charge is 0.261 e. The van der Waals surface area contributed by atoms with Gasteiger partial charge in [0.25, 0.3) is 5.91 Å². The molecule has 2 aromatic carbocycles. The fourth-order valence-corrected chi connectivity index (χ4v) is 3.46. The Kier molecular flexibility index (Phi) is 8.11. The number of para-hydroxylation sites is 1. The lowest BCUT2D eigenvalue weighted by Gasteiger charge is -2.32. The van der Waals surface area contributed by atoms with Crippen molar-refractivity contribution in [1.82, 2.24) is 10.2 Å². The van der Waals surface area contributed by atoms with E-state index in [9.17, 15) is 9.59 Å². The molecule has 1 N–H and O–H groups in total. The van der Waals surface area contributed by atoms with E-state index in [1.165, 1.54) is 0 Å². The molecule has 0 unspecified atom stereocenters. The predicted molar refractivity (Wildman–Crippen MR) is 130 cm³/mol. The van der Waals surface area contributed by atoms with Crippen LogP contribution in [0.15, 0.2) is 48.5 Å². The highest BCUT2D eigenvalue weighted by atomic mass is 16.5. The molecule has 2 aromatic rings. The highest BCUT2D eigenvalue weighted by molar-refractivity contribution is 5.88. The van der Waals surface area contributed by atoms with Gasteiger partial charge < -0.3 is 15.0 Å². The summed E-state index contributed by atoms with van der Waals surface area (Å²) in [5.41, 5.74) is 2.63. The maximum atomic E-state index is 13.3. The van der Waals surface area contributed by atoms with Gasteiger partial charge in [-0.3, -0.25) is 9.59 Å². The Morgan fingerprint density at radius 1 is 0.969 bits per heavy atom. The van der Waals surface area contributed by atoms with Gasteiger partial charge in [-0.25, -0.2) is 0 Å². The van der Waals surface area contributed by atoms with Crippen molar-refractivity contribution in [3.05, 3.63) is 65.2 Å². The maximum absolute atomic E-state index is 13.3. The highest BCUT2D eigenvalue weighted by Gasteiger charge is 2.29. The monoisotopic (exact) mass is 438 g/mol. The standard InChI is InChI=1S/C27H38N2O3/c1-19-13-9-10-14-21(19)17-29(20(2)25(31)28-27(6,7)8)24(30)18-32-23-16-12-11-15-22(23)26(3,4)5/h9-16,20H,17-18H2,1-8H3,(H,28,31)/t20-/m1/s1. The quantitative estimate of drug-likeness (QED) is 0.662. The number of amides is 2. The zero-order chi connectivity index (χ0) is 24.1. The minimum absolute atomic E-state index is 0.111. The van der Waals surface area contributed by atoms with Crippen LogP contribution in [0.25, 0.3) is 0 Å². The molecule has 1 atom stereocenters. The summed E-state index contributed by atoms with van der Waals surface area (Å²) in [6.45, 7) is 16.1. The molecule has 0 heterocycles. The number of carbonyl (C=O) groups is 2. The van der Waals surface area contributed by atoms with Gasteiger partial charge in [0.1, 0.15) is 11.8 Å². The lowest BCUT2D eigenvalue weighted by Crippen LogP contribution is -2.53. The topological polar surface area (TPSA) is 58.6 Å². The van der Waals surface area contributed by atoms with Crippen molar-refractivity contribution in [2.24, 2.45) is 0 Å². The molecule has 0 aliphatic rings. The third-order valence-corrected chi connectivity index (χ3v) is 5.31. The van der Waals surface area contributed by atoms with Gasteiger partial charge in [-0.15, -0.1) is 0 Å². The van der Waals surface area contributed by atoms with Crippen LogP contribution in [0.1, 0.15) is 65.2 Å². The number of hydrogen-bond acceptors (Lipinski definition) is 3. The average Bonchev–Trinajstić information content (AvgIpc) is 2.69. The molecule has 0 aliphatic heterocycles. The molecule has 0 bridgehead atoms. The summed E-state index contributed by atoms with van der Waals surface area (Å²) in [6, 6.07) is 15.0. The van der Waals surface area contributed by atoms with Crippen LogP contribution in [0, 0.1) is 6.92 Å². The van der Waals surface area contributed by atoms with E-state index in [-0.39, 0.29) is 29.4 Å². The number of nitrogens with zero attached hydrogens (tertiary/aromatic N) is 1. The molecule has 0 aliphatic carbocycles. The summed E-state index contributed by atoms with van der Waals surface area (Å²) in [6.07, 6.45) is 0. The Labute approximate surface area is 193 Å². The van der Waals surface area contributed by atoms with E-state index >= 15 is 0 Å². The molecule has 5 heteroatoms. The molecule has 0 fully saturated rings. The zero-order valence-corrected chi connectivity index (χ0v) is 20.8. The summed E-state index contributed by atoms with van der Waals surface area (Å²) in [5.74, 6) is 0.277. The van der Waals surface area contributed by atoms with Crippen LogP contribution in [0.3, 0.4) is 0 Å². The van der Waals surface area contributed by atoms with E-state index in [1.807, 2.05) is 76.2 Å². The number of nitrogens with one attached hydrogen (secondary N) is 1. The minimum Gasteiger partial charge on any atom is -0.483 e. The Morgan fingerprint density at radius 2 is 1.56 bits per heavy atom. The van der Waals surface area contributed by atoms with Crippen molar-refractivity contribution in [3.8, 4) is 5.75 Å². The van der Waals surface area contributed by atoms with E-state index in [2.05, 4.69) is 26.1 Å². The van der Waals surface area contributed by atoms with Gasteiger partial charge in [0.15, 0.2) is 6.61 Å². The van der Waals surface area contributed by atoms with Gasteiger partial charge >= 0.3 is 0 Å². The van der Waals surface area contributed by atoms with Gasteiger partial charge in [0.05, 0.1) is 0 Å². The first-order chi connectivity index (χ1) is 14.8. The molecule has 5 nitrogen and oxygen atoms in total. The summed E-state index contributed by atoms with van der Waals surface area (Å²) >= 11 is 0. The van der Waals surface area contributed by atoms with Gasteiger partial charge in [0.2, 0.25) is 5.91 Å². The van der Waals surface area contributed by atoms with E-state index in [0.29, 0.717) is 12.3 Å². The zero-order valence-electron chi connectivity index (χ0n) is 20.8. The number of carbonyl (C=O) groups excluding carboxylic acids is 2. The van der Waals surface area contributed by atoms with Gasteiger partial charge in [0, 0.05) is 12.1 Å². The van der Waals surface area contributed by atoms with E-state index < -0.39 is 6.04 Å². The van der Waals surface area contributed by atoms with Crippen molar-refractivity contribution in [2.75, 3.05) is 6.61 Å².